The number of rotatable bonds is 6. The molecule has 6 aliphatic carbocycles. The Bertz CT molecular complexity index is 2030. The topological polar surface area (TPSA) is 6.48 Å². The van der Waals surface area contributed by atoms with Crippen LogP contribution in [-0.2, 0) is 5.41 Å². The van der Waals surface area contributed by atoms with E-state index >= 15 is 0 Å². The Morgan fingerprint density at radius 1 is 0.566 bits per heavy atom. The Morgan fingerprint density at radius 3 is 1.51 bits per heavy atom. The standard InChI is InChI=1S/C51H62N2/c1-36-20-19-23-42-43(49(7)46(4)34-17-15-32-44(46,2)45(3)33-16-18-35-47(45,5)50(49,8)48(36,42)6)51(37-21-13-14-22-37,38-24-28-40(29-25-38)52(9)10)39-26-30-41(31-27-39)53(11)12/h13-21,23-35,42-43H,22H2,1-12H3. The zero-order chi connectivity index (χ0) is 38.0. The minimum atomic E-state index is -0.434. The molecule has 0 aliphatic heterocycles. The molecule has 2 heteroatoms. The maximum atomic E-state index is 2.77. The van der Waals surface area contributed by atoms with E-state index in [4.69, 9.17) is 0 Å². The van der Waals surface area contributed by atoms with Crippen molar-refractivity contribution in [3.05, 3.63) is 156 Å². The van der Waals surface area contributed by atoms with Crippen LogP contribution < -0.4 is 9.80 Å². The summed E-state index contributed by atoms with van der Waals surface area (Å²) in [5.74, 6) is 0.442. The lowest BCUT2D eigenvalue weighted by Gasteiger charge is -2.80. The normalized spacial score (nSPS) is 40.3. The van der Waals surface area contributed by atoms with Crippen LogP contribution in [0.25, 0.3) is 0 Å². The molecule has 0 saturated heterocycles. The number of nitrogens with zero attached hydrogens (tertiary/aromatic N) is 2. The zero-order valence-corrected chi connectivity index (χ0v) is 34.5. The van der Waals surface area contributed by atoms with Gasteiger partial charge in [0, 0.05) is 72.1 Å². The lowest BCUT2D eigenvalue weighted by atomic mass is 9.22. The third-order valence-electron chi connectivity index (χ3n) is 17.9. The lowest BCUT2D eigenvalue weighted by Crippen LogP contribution is -2.76. The Balaban J connectivity index is 1.59. The molecule has 53 heavy (non-hydrogen) atoms. The van der Waals surface area contributed by atoms with E-state index in [1.54, 1.807) is 0 Å². The number of fused-ring (bicyclic) bond motifs is 8. The van der Waals surface area contributed by atoms with Crippen LogP contribution >= 0.6 is 0 Å². The van der Waals surface area contributed by atoms with Crippen molar-refractivity contribution >= 4 is 11.4 Å². The molecule has 2 fully saturated rings. The Labute approximate surface area is 321 Å². The smallest absolute Gasteiger partial charge is 0.0457 e. The summed E-state index contributed by atoms with van der Waals surface area (Å²) in [5, 5.41) is 0. The van der Waals surface area contributed by atoms with Crippen molar-refractivity contribution in [1.29, 1.82) is 0 Å². The van der Waals surface area contributed by atoms with Crippen molar-refractivity contribution in [3.8, 4) is 0 Å². The summed E-state index contributed by atoms with van der Waals surface area (Å²) in [6, 6.07) is 19.4. The SMILES string of the molecule is CC1=CC=CC2C(C(C3=CC=CC3)(c3ccc(N(C)C)cc3)c3ccc(N(C)C)cc3)C3(C)C4(C)C=CC=CC4(C)C4(C)C=CC=CC4(C)C3(C)C12C. The van der Waals surface area contributed by atoms with Crippen LogP contribution in [0, 0.1) is 49.7 Å². The number of anilines is 2. The molecule has 0 aromatic heterocycles. The molecule has 0 bridgehead atoms. The van der Waals surface area contributed by atoms with Gasteiger partial charge in [-0.05, 0) is 71.4 Å². The van der Waals surface area contributed by atoms with Crippen LogP contribution in [0.15, 0.2) is 145 Å². The van der Waals surface area contributed by atoms with Crippen molar-refractivity contribution < 1.29 is 0 Å². The Kier molecular flexibility index (Phi) is 7.63. The number of hydrogen-bond acceptors (Lipinski definition) is 2. The highest BCUT2D eigenvalue weighted by molar-refractivity contribution is 5.62. The molecule has 0 radical (unpaired) electrons. The van der Waals surface area contributed by atoms with E-state index in [0.29, 0.717) is 0 Å². The second kappa shape index (κ2) is 11.2. The third-order valence-corrected chi connectivity index (χ3v) is 17.9. The van der Waals surface area contributed by atoms with E-state index in [2.05, 4.69) is 227 Å². The van der Waals surface area contributed by atoms with Crippen LogP contribution in [0.1, 0.15) is 72.9 Å². The summed E-state index contributed by atoms with van der Waals surface area (Å²) in [6.45, 7) is 21.1. The van der Waals surface area contributed by atoms with Crippen molar-refractivity contribution in [2.24, 2.45) is 49.7 Å². The van der Waals surface area contributed by atoms with Gasteiger partial charge in [0.05, 0.1) is 0 Å². The molecule has 6 aliphatic rings. The summed E-state index contributed by atoms with van der Waals surface area (Å²) in [7, 11) is 8.61. The molecule has 2 aromatic carbocycles. The fourth-order valence-electron chi connectivity index (χ4n) is 14.3. The van der Waals surface area contributed by atoms with Crippen molar-refractivity contribution in [2.45, 2.75) is 67.2 Å². The summed E-state index contributed by atoms with van der Waals surface area (Å²) < 4.78 is 0. The van der Waals surface area contributed by atoms with E-state index in [0.717, 1.165) is 6.42 Å². The van der Waals surface area contributed by atoms with Crippen molar-refractivity contribution in [1.82, 2.24) is 0 Å². The Hall–Kier alpha value is -4.04. The first-order valence-corrected chi connectivity index (χ1v) is 20.0. The average molecular weight is 703 g/mol. The van der Waals surface area contributed by atoms with Gasteiger partial charge in [-0.25, -0.2) is 0 Å². The molecule has 8 rings (SSSR count). The predicted molar refractivity (Wildman–Crippen MR) is 227 cm³/mol. The molecule has 2 nitrogen and oxygen atoms in total. The van der Waals surface area contributed by atoms with Gasteiger partial charge in [0.1, 0.15) is 0 Å². The largest absolute Gasteiger partial charge is 0.378 e. The van der Waals surface area contributed by atoms with E-state index in [-0.39, 0.29) is 49.7 Å². The van der Waals surface area contributed by atoms with Gasteiger partial charge in [-0.2, -0.15) is 0 Å². The molecule has 9 atom stereocenters. The number of hydrogen-bond donors (Lipinski definition) is 0. The molecular formula is C51H62N2. The molecule has 0 spiro atoms. The van der Waals surface area contributed by atoms with Crippen LogP contribution in [0.2, 0.25) is 0 Å². The fourth-order valence-corrected chi connectivity index (χ4v) is 14.3. The lowest BCUT2D eigenvalue weighted by molar-refractivity contribution is -0.275. The van der Waals surface area contributed by atoms with Gasteiger partial charge in [0.15, 0.2) is 0 Å². The van der Waals surface area contributed by atoms with E-state index in [1.165, 1.54) is 33.6 Å². The van der Waals surface area contributed by atoms with E-state index < -0.39 is 5.41 Å². The molecule has 0 N–H and O–H groups in total. The maximum absolute atomic E-state index is 2.77. The first-order chi connectivity index (χ1) is 25.0. The van der Waals surface area contributed by atoms with Gasteiger partial charge in [0.2, 0.25) is 0 Å². The highest BCUT2D eigenvalue weighted by Gasteiger charge is 2.88. The van der Waals surface area contributed by atoms with Gasteiger partial charge in [-0.3, -0.25) is 0 Å². The quantitative estimate of drug-likeness (QED) is 0.296. The molecule has 0 heterocycles. The molecular weight excluding hydrogens is 641 g/mol. The van der Waals surface area contributed by atoms with Gasteiger partial charge < -0.3 is 9.80 Å². The van der Waals surface area contributed by atoms with Crippen LogP contribution in [0.3, 0.4) is 0 Å². The fraction of sp³-hybridized carbons (Fsp3) is 0.451. The second-order valence-electron chi connectivity index (χ2n) is 19.0. The van der Waals surface area contributed by atoms with Crippen molar-refractivity contribution in [3.63, 3.8) is 0 Å². The Morgan fingerprint density at radius 2 is 1.04 bits per heavy atom. The average Bonchev–Trinajstić information content (AvgIpc) is 3.74. The summed E-state index contributed by atoms with van der Waals surface area (Å²) in [4.78, 5) is 4.46. The molecule has 2 aromatic rings. The van der Waals surface area contributed by atoms with Gasteiger partial charge in [-0.1, -0.05) is 169 Å². The molecule has 276 valence electrons. The van der Waals surface area contributed by atoms with Gasteiger partial charge >= 0.3 is 0 Å². The van der Waals surface area contributed by atoms with E-state index in [9.17, 15) is 0 Å². The third kappa shape index (κ3) is 3.77. The number of benzene rings is 2. The predicted octanol–water partition coefficient (Wildman–Crippen LogP) is 12.1. The summed E-state index contributed by atoms with van der Waals surface area (Å²) in [5.41, 5.74) is 6.49. The van der Waals surface area contributed by atoms with Gasteiger partial charge in [-0.15, -0.1) is 0 Å². The highest BCUT2D eigenvalue weighted by atomic mass is 15.1. The van der Waals surface area contributed by atoms with E-state index in [1.807, 2.05) is 0 Å². The molecule has 0 amide bonds. The van der Waals surface area contributed by atoms with Crippen LogP contribution in [0.5, 0.6) is 0 Å². The zero-order valence-electron chi connectivity index (χ0n) is 34.5. The maximum Gasteiger partial charge on any atom is 0.0457 e. The monoisotopic (exact) mass is 702 g/mol. The first-order valence-electron chi connectivity index (χ1n) is 20.0. The van der Waals surface area contributed by atoms with Crippen LogP contribution in [0.4, 0.5) is 11.4 Å². The second-order valence-corrected chi connectivity index (χ2v) is 19.0. The summed E-state index contributed by atoms with van der Waals surface area (Å²) >= 11 is 0. The van der Waals surface area contributed by atoms with Crippen LogP contribution in [-0.4, -0.2) is 28.2 Å². The molecule has 2 saturated carbocycles. The highest BCUT2D eigenvalue weighted by Crippen LogP contribution is 2.92. The number of allylic oxidation sites excluding steroid dienone is 16. The minimum Gasteiger partial charge on any atom is -0.378 e. The first kappa shape index (κ1) is 36.0. The molecule has 9 unspecified atom stereocenters. The minimum absolute atomic E-state index is 0.152. The van der Waals surface area contributed by atoms with Crippen molar-refractivity contribution in [2.75, 3.05) is 38.0 Å². The summed E-state index contributed by atoms with van der Waals surface area (Å²) in [6.07, 6.45) is 35.6. The van der Waals surface area contributed by atoms with Gasteiger partial charge in [0.25, 0.3) is 0 Å².